The molecule has 0 aliphatic heterocycles. The summed E-state index contributed by atoms with van der Waals surface area (Å²) in [5, 5.41) is -0.316. The first-order valence-electron chi connectivity index (χ1n) is 5.19. The molecule has 15 heavy (non-hydrogen) atoms. The standard InChI is InChI=1S/C10H19NO3S/c1-4-11(5-2)10(13)15(14)8-6-7-9(3)12/h4-8H2,1-3H3. The third kappa shape index (κ3) is 5.67. The summed E-state index contributed by atoms with van der Waals surface area (Å²) in [5.74, 6) is 0.358. The molecule has 0 aromatic heterocycles. The van der Waals surface area contributed by atoms with E-state index in [4.69, 9.17) is 0 Å². The molecule has 0 aromatic rings. The molecule has 0 bridgehead atoms. The minimum atomic E-state index is -1.48. The fourth-order valence-electron chi connectivity index (χ4n) is 1.17. The molecule has 1 atom stereocenters. The van der Waals surface area contributed by atoms with Crippen molar-refractivity contribution in [2.24, 2.45) is 0 Å². The first-order chi connectivity index (χ1) is 7.02. The minimum Gasteiger partial charge on any atom is -0.332 e. The molecule has 4 nitrogen and oxygen atoms in total. The van der Waals surface area contributed by atoms with E-state index in [1.54, 1.807) is 4.90 Å². The second kappa shape index (κ2) is 7.56. The first kappa shape index (κ1) is 14.3. The van der Waals surface area contributed by atoms with Gasteiger partial charge in [0.1, 0.15) is 16.6 Å². The summed E-state index contributed by atoms with van der Waals surface area (Å²) in [6.07, 6.45) is 0.923. The predicted molar refractivity (Wildman–Crippen MR) is 61.2 cm³/mol. The highest BCUT2D eigenvalue weighted by Gasteiger charge is 2.16. The molecular formula is C10H19NO3S. The van der Waals surface area contributed by atoms with Crippen LogP contribution >= 0.6 is 0 Å². The van der Waals surface area contributed by atoms with Crippen LogP contribution in [0, 0.1) is 0 Å². The van der Waals surface area contributed by atoms with E-state index < -0.39 is 10.8 Å². The van der Waals surface area contributed by atoms with E-state index in [-0.39, 0.29) is 16.8 Å². The number of hydrogen-bond acceptors (Lipinski definition) is 3. The van der Waals surface area contributed by atoms with Crippen molar-refractivity contribution in [3.63, 3.8) is 0 Å². The van der Waals surface area contributed by atoms with Crippen LogP contribution in [0.25, 0.3) is 0 Å². The van der Waals surface area contributed by atoms with Crippen molar-refractivity contribution in [2.45, 2.75) is 33.6 Å². The van der Waals surface area contributed by atoms with Gasteiger partial charge in [-0.1, -0.05) is 0 Å². The van der Waals surface area contributed by atoms with E-state index in [1.807, 2.05) is 13.8 Å². The van der Waals surface area contributed by atoms with Crippen LogP contribution in [0.1, 0.15) is 33.6 Å². The molecular weight excluding hydrogens is 214 g/mol. The van der Waals surface area contributed by atoms with Crippen molar-refractivity contribution >= 4 is 21.8 Å². The minimum absolute atomic E-state index is 0.0716. The number of nitrogens with zero attached hydrogens (tertiary/aromatic N) is 1. The summed E-state index contributed by atoms with van der Waals surface area (Å²) >= 11 is 0. The number of ketones is 1. The van der Waals surface area contributed by atoms with Crippen LogP contribution in [0.5, 0.6) is 0 Å². The SMILES string of the molecule is CCN(CC)C(=O)S(=O)CCCC(C)=O. The molecule has 0 rings (SSSR count). The summed E-state index contributed by atoms with van der Waals surface area (Å²) in [5.41, 5.74) is 0. The van der Waals surface area contributed by atoms with E-state index in [9.17, 15) is 13.8 Å². The Bertz CT molecular complexity index is 249. The van der Waals surface area contributed by atoms with Gasteiger partial charge in [-0.25, -0.2) is 4.21 Å². The summed E-state index contributed by atoms with van der Waals surface area (Å²) in [6.45, 7) is 6.36. The Labute approximate surface area is 93.5 Å². The number of carbonyl (C=O) groups excluding carboxylic acids is 2. The lowest BCUT2D eigenvalue weighted by atomic mass is 10.3. The van der Waals surface area contributed by atoms with Gasteiger partial charge >= 0.3 is 5.24 Å². The second-order valence-electron chi connectivity index (χ2n) is 3.29. The molecule has 0 saturated carbocycles. The third-order valence-corrected chi connectivity index (χ3v) is 3.38. The lowest BCUT2D eigenvalue weighted by Gasteiger charge is -2.17. The van der Waals surface area contributed by atoms with Crippen molar-refractivity contribution in [1.82, 2.24) is 4.90 Å². The number of Topliss-reactive ketones (excluding diaryl/α,β-unsaturated/α-hetero) is 1. The van der Waals surface area contributed by atoms with Crippen molar-refractivity contribution < 1.29 is 13.8 Å². The molecule has 5 heteroatoms. The summed E-state index contributed by atoms with van der Waals surface area (Å²) in [4.78, 5) is 23.7. The Morgan fingerprint density at radius 2 is 1.73 bits per heavy atom. The number of rotatable bonds is 6. The maximum Gasteiger partial charge on any atom is 0.311 e. The van der Waals surface area contributed by atoms with Gasteiger partial charge in [0.05, 0.1) is 0 Å². The summed E-state index contributed by atoms with van der Waals surface area (Å²) in [7, 11) is -1.48. The lowest BCUT2D eigenvalue weighted by molar-refractivity contribution is -0.117. The predicted octanol–water partition coefficient (Wildman–Crippen LogP) is 1.57. The van der Waals surface area contributed by atoms with E-state index >= 15 is 0 Å². The van der Waals surface area contributed by atoms with Crippen molar-refractivity contribution in [3.8, 4) is 0 Å². The van der Waals surface area contributed by atoms with Crippen molar-refractivity contribution in [2.75, 3.05) is 18.8 Å². The Morgan fingerprint density at radius 3 is 2.13 bits per heavy atom. The van der Waals surface area contributed by atoms with Crippen LogP contribution < -0.4 is 0 Å². The van der Waals surface area contributed by atoms with Crippen LogP contribution in [-0.4, -0.2) is 39.0 Å². The smallest absolute Gasteiger partial charge is 0.311 e. The molecule has 0 aromatic carbocycles. The maximum absolute atomic E-state index is 11.5. The Kier molecular flexibility index (Phi) is 7.21. The van der Waals surface area contributed by atoms with Gasteiger partial charge in [-0.2, -0.15) is 0 Å². The molecule has 0 N–H and O–H groups in total. The fourth-order valence-corrected chi connectivity index (χ4v) is 2.29. The molecule has 88 valence electrons. The molecule has 1 unspecified atom stereocenters. The van der Waals surface area contributed by atoms with Crippen LogP contribution in [0.2, 0.25) is 0 Å². The highest BCUT2D eigenvalue weighted by atomic mass is 32.2. The normalized spacial score (nSPS) is 12.2. The van der Waals surface area contributed by atoms with Crippen LogP contribution in [-0.2, 0) is 15.6 Å². The summed E-state index contributed by atoms with van der Waals surface area (Å²) < 4.78 is 11.5. The van der Waals surface area contributed by atoms with E-state index in [1.165, 1.54) is 6.92 Å². The average Bonchev–Trinajstić information content (AvgIpc) is 2.18. The van der Waals surface area contributed by atoms with Gasteiger partial charge in [0.15, 0.2) is 0 Å². The lowest BCUT2D eigenvalue weighted by Crippen LogP contribution is -2.33. The highest BCUT2D eigenvalue weighted by molar-refractivity contribution is 8.00. The van der Waals surface area contributed by atoms with E-state index in [0.717, 1.165) is 0 Å². The Morgan fingerprint density at radius 1 is 1.20 bits per heavy atom. The van der Waals surface area contributed by atoms with Gasteiger partial charge in [-0.15, -0.1) is 0 Å². The van der Waals surface area contributed by atoms with Gasteiger partial charge in [0.2, 0.25) is 0 Å². The molecule has 0 aliphatic rings. The second-order valence-corrected chi connectivity index (χ2v) is 4.74. The van der Waals surface area contributed by atoms with Crippen molar-refractivity contribution in [1.29, 1.82) is 0 Å². The number of amides is 1. The van der Waals surface area contributed by atoms with Gasteiger partial charge in [0, 0.05) is 25.3 Å². The molecule has 0 spiro atoms. The fraction of sp³-hybridized carbons (Fsp3) is 0.800. The molecule has 0 fully saturated rings. The molecule has 1 amide bonds. The van der Waals surface area contributed by atoms with Crippen molar-refractivity contribution in [3.05, 3.63) is 0 Å². The summed E-state index contributed by atoms with van der Waals surface area (Å²) in [6, 6.07) is 0. The zero-order valence-corrected chi connectivity index (χ0v) is 10.4. The van der Waals surface area contributed by atoms with Gasteiger partial charge < -0.3 is 9.69 Å². The van der Waals surface area contributed by atoms with Crippen LogP contribution in [0.4, 0.5) is 4.79 Å². The molecule has 0 heterocycles. The largest absolute Gasteiger partial charge is 0.332 e. The first-order valence-corrected chi connectivity index (χ1v) is 6.51. The topological polar surface area (TPSA) is 54.5 Å². The quantitative estimate of drug-likeness (QED) is 0.699. The zero-order chi connectivity index (χ0) is 11.8. The van der Waals surface area contributed by atoms with E-state index in [2.05, 4.69) is 0 Å². The van der Waals surface area contributed by atoms with Crippen LogP contribution in [0.3, 0.4) is 0 Å². The zero-order valence-electron chi connectivity index (χ0n) is 9.62. The Balaban J connectivity index is 3.98. The third-order valence-electron chi connectivity index (χ3n) is 2.07. The molecule has 0 saturated heterocycles. The average molecular weight is 233 g/mol. The highest BCUT2D eigenvalue weighted by Crippen LogP contribution is 2.01. The van der Waals surface area contributed by atoms with Gasteiger partial charge in [0.25, 0.3) is 0 Å². The van der Waals surface area contributed by atoms with E-state index in [0.29, 0.717) is 25.9 Å². The number of hydrogen-bond donors (Lipinski definition) is 0. The number of carbonyl (C=O) groups is 2. The monoisotopic (exact) mass is 233 g/mol. The maximum atomic E-state index is 11.5. The molecule has 0 radical (unpaired) electrons. The Hall–Kier alpha value is -0.710. The molecule has 0 aliphatic carbocycles. The van der Waals surface area contributed by atoms with Gasteiger partial charge in [-0.3, -0.25) is 4.79 Å². The van der Waals surface area contributed by atoms with Gasteiger partial charge in [-0.05, 0) is 27.2 Å². The van der Waals surface area contributed by atoms with Crippen LogP contribution in [0.15, 0.2) is 0 Å².